The molecule has 6 heteroatoms. The van der Waals surface area contributed by atoms with Crippen molar-refractivity contribution in [2.45, 2.75) is 45.4 Å². The number of para-hydroxylation sites is 2. The van der Waals surface area contributed by atoms with Crippen molar-refractivity contribution in [3.63, 3.8) is 0 Å². The van der Waals surface area contributed by atoms with E-state index in [1.807, 2.05) is 55.5 Å². The summed E-state index contributed by atoms with van der Waals surface area (Å²) >= 11 is 0. The van der Waals surface area contributed by atoms with E-state index in [2.05, 4.69) is 16.8 Å². The van der Waals surface area contributed by atoms with E-state index in [0.29, 0.717) is 19.8 Å². The molecule has 1 aliphatic rings. The highest BCUT2D eigenvalue weighted by Gasteiger charge is 2.26. The first-order valence-electron chi connectivity index (χ1n) is 10.2. The molecule has 152 valence electrons. The molecule has 1 saturated heterocycles. The third kappa shape index (κ3) is 4.43. The molecule has 0 aliphatic carbocycles. The molecule has 29 heavy (non-hydrogen) atoms. The van der Waals surface area contributed by atoms with Crippen molar-refractivity contribution in [3.8, 4) is 5.75 Å². The van der Waals surface area contributed by atoms with Crippen LogP contribution < -0.4 is 10.1 Å². The van der Waals surface area contributed by atoms with Crippen molar-refractivity contribution in [1.29, 1.82) is 0 Å². The van der Waals surface area contributed by atoms with Crippen molar-refractivity contribution in [2.75, 3.05) is 13.2 Å². The molecule has 1 aliphatic heterocycles. The maximum absolute atomic E-state index is 12.5. The van der Waals surface area contributed by atoms with Crippen molar-refractivity contribution in [1.82, 2.24) is 14.9 Å². The second kappa shape index (κ2) is 8.66. The highest BCUT2D eigenvalue weighted by molar-refractivity contribution is 5.81. The first kappa shape index (κ1) is 19.5. The molecule has 4 rings (SSSR count). The van der Waals surface area contributed by atoms with Gasteiger partial charge in [0.05, 0.1) is 23.6 Å². The predicted molar refractivity (Wildman–Crippen MR) is 112 cm³/mol. The average Bonchev–Trinajstić information content (AvgIpc) is 3.38. The molecular weight excluding hydrogens is 366 g/mol. The lowest BCUT2D eigenvalue weighted by atomic mass is 10.2. The monoisotopic (exact) mass is 393 g/mol. The fraction of sp³-hybridized carbons (Fsp3) is 0.391. The summed E-state index contributed by atoms with van der Waals surface area (Å²) in [6.45, 7) is 5.83. The minimum absolute atomic E-state index is 0.0653. The van der Waals surface area contributed by atoms with Gasteiger partial charge in [-0.15, -0.1) is 0 Å². The molecule has 1 N–H and O–H groups in total. The smallest absolute Gasteiger partial charge is 0.249 e. The fourth-order valence-electron chi connectivity index (χ4n) is 3.70. The van der Waals surface area contributed by atoms with Crippen molar-refractivity contribution in [2.24, 2.45) is 0 Å². The summed E-state index contributed by atoms with van der Waals surface area (Å²) in [6.07, 6.45) is 1.36. The standard InChI is InChI=1S/C23H27N3O3/c1-16-9-11-18(12-10-16)28-15-13-26-20-7-4-3-6-19(20)25-22(26)17(2)24-23(27)21-8-5-14-29-21/h3-4,6-7,9-12,17,21H,5,8,13-15H2,1-2H3,(H,24,27). The Balaban J connectivity index is 1.50. The molecule has 3 aromatic rings. The number of nitrogens with one attached hydrogen (secondary N) is 1. The Kier molecular flexibility index (Phi) is 5.81. The first-order chi connectivity index (χ1) is 14.1. The van der Waals surface area contributed by atoms with E-state index in [9.17, 15) is 4.79 Å². The van der Waals surface area contributed by atoms with Crippen LogP contribution in [0.25, 0.3) is 11.0 Å². The van der Waals surface area contributed by atoms with E-state index < -0.39 is 0 Å². The summed E-state index contributed by atoms with van der Waals surface area (Å²) in [6, 6.07) is 15.8. The van der Waals surface area contributed by atoms with E-state index in [0.717, 1.165) is 35.4 Å². The number of hydrogen-bond acceptors (Lipinski definition) is 4. The molecule has 0 spiro atoms. The van der Waals surface area contributed by atoms with Gasteiger partial charge in [0.25, 0.3) is 0 Å². The Morgan fingerprint density at radius 2 is 2.07 bits per heavy atom. The molecule has 0 saturated carbocycles. The zero-order valence-electron chi connectivity index (χ0n) is 16.9. The SMILES string of the molecule is Cc1ccc(OCCn2c(C(C)NC(=O)C3CCCO3)nc3ccccc32)cc1. The number of ether oxygens (including phenoxy) is 2. The minimum Gasteiger partial charge on any atom is -0.492 e. The molecule has 2 heterocycles. The molecule has 1 fully saturated rings. The fourth-order valence-corrected chi connectivity index (χ4v) is 3.70. The number of hydrogen-bond donors (Lipinski definition) is 1. The summed E-state index contributed by atoms with van der Waals surface area (Å²) in [5.74, 6) is 1.61. The highest BCUT2D eigenvalue weighted by Crippen LogP contribution is 2.22. The van der Waals surface area contributed by atoms with Gasteiger partial charge in [0.1, 0.15) is 24.3 Å². The Morgan fingerprint density at radius 3 is 2.83 bits per heavy atom. The van der Waals surface area contributed by atoms with Gasteiger partial charge in [-0.25, -0.2) is 4.98 Å². The zero-order valence-corrected chi connectivity index (χ0v) is 16.9. The zero-order chi connectivity index (χ0) is 20.2. The van der Waals surface area contributed by atoms with Crippen LogP contribution in [0.1, 0.15) is 37.2 Å². The van der Waals surface area contributed by atoms with Gasteiger partial charge in [0.15, 0.2) is 0 Å². The van der Waals surface area contributed by atoms with E-state index in [-0.39, 0.29) is 18.1 Å². The number of nitrogens with zero attached hydrogens (tertiary/aromatic N) is 2. The summed E-state index contributed by atoms with van der Waals surface area (Å²) in [4.78, 5) is 17.3. The van der Waals surface area contributed by atoms with E-state index in [1.54, 1.807) is 0 Å². The van der Waals surface area contributed by atoms with Gasteiger partial charge in [-0.2, -0.15) is 0 Å². The first-order valence-corrected chi connectivity index (χ1v) is 10.2. The van der Waals surface area contributed by atoms with Crippen LogP contribution in [0, 0.1) is 6.92 Å². The van der Waals surface area contributed by atoms with E-state index in [4.69, 9.17) is 14.5 Å². The summed E-state index contributed by atoms with van der Waals surface area (Å²) < 4.78 is 13.6. The maximum atomic E-state index is 12.5. The molecule has 2 atom stereocenters. The Morgan fingerprint density at radius 1 is 1.28 bits per heavy atom. The van der Waals surface area contributed by atoms with Crippen LogP contribution in [-0.2, 0) is 16.1 Å². The summed E-state index contributed by atoms with van der Waals surface area (Å²) in [7, 11) is 0. The van der Waals surface area contributed by atoms with Gasteiger partial charge >= 0.3 is 0 Å². The second-order valence-electron chi connectivity index (χ2n) is 7.50. The molecule has 0 radical (unpaired) electrons. The normalized spacial score (nSPS) is 17.4. The number of aromatic nitrogens is 2. The van der Waals surface area contributed by atoms with Gasteiger partial charge in [-0.1, -0.05) is 29.8 Å². The second-order valence-corrected chi connectivity index (χ2v) is 7.50. The van der Waals surface area contributed by atoms with Crippen molar-refractivity contribution < 1.29 is 14.3 Å². The molecule has 2 aromatic carbocycles. The number of carbonyl (C=O) groups excluding carboxylic acids is 1. The van der Waals surface area contributed by atoms with E-state index >= 15 is 0 Å². The number of amides is 1. The third-order valence-electron chi connectivity index (χ3n) is 5.26. The molecule has 1 aromatic heterocycles. The van der Waals surface area contributed by atoms with Gasteiger partial charge in [0.2, 0.25) is 5.91 Å². The van der Waals surface area contributed by atoms with Gasteiger partial charge in [0, 0.05) is 6.61 Å². The number of imidazole rings is 1. The molecular formula is C23H27N3O3. The molecule has 0 bridgehead atoms. The number of fused-ring (bicyclic) bond motifs is 1. The Bertz CT molecular complexity index is 975. The van der Waals surface area contributed by atoms with E-state index in [1.165, 1.54) is 5.56 Å². The number of aryl methyl sites for hydroxylation is 1. The summed E-state index contributed by atoms with van der Waals surface area (Å²) in [5.41, 5.74) is 3.15. The lowest BCUT2D eigenvalue weighted by Gasteiger charge is -2.18. The van der Waals surface area contributed by atoms with Crippen LogP contribution in [-0.4, -0.2) is 34.8 Å². The van der Waals surface area contributed by atoms with Crippen LogP contribution >= 0.6 is 0 Å². The summed E-state index contributed by atoms with van der Waals surface area (Å²) in [5, 5.41) is 3.07. The Hall–Kier alpha value is -2.86. The molecule has 1 amide bonds. The predicted octanol–water partition coefficient (Wildman–Crippen LogP) is 3.78. The lowest BCUT2D eigenvalue weighted by Crippen LogP contribution is -2.36. The Labute approximate surface area is 170 Å². The minimum atomic E-state index is -0.347. The topological polar surface area (TPSA) is 65.4 Å². The number of carbonyl (C=O) groups is 1. The third-order valence-corrected chi connectivity index (χ3v) is 5.26. The molecule has 2 unspecified atom stereocenters. The highest BCUT2D eigenvalue weighted by atomic mass is 16.5. The van der Waals surface area contributed by atoms with Crippen LogP contribution in [0.2, 0.25) is 0 Å². The average molecular weight is 393 g/mol. The molecule has 6 nitrogen and oxygen atoms in total. The van der Waals surface area contributed by atoms with Crippen molar-refractivity contribution in [3.05, 3.63) is 59.9 Å². The van der Waals surface area contributed by atoms with Crippen LogP contribution in [0.15, 0.2) is 48.5 Å². The van der Waals surface area contributed by atoms with Crippen LogP contribution in [0.5, 0.6) is 5.75 Å². The maximum Gasteiger partial charge on any atom is 0.249 e. The van der Waals surface area contributed by atoms with Gasteiger partial charge in [-0.3, -0.25) is 4.79 Å². The number of rotatable bonds is 7. The lowest BCUT2D eigenvalue weighted by molar-refractivity contribution is -0.130. The van der Waals surface area contributed by atoms with Crippen LogP contribution in [0.4, 0.5) is 0 Å². The number of benzene rings is 2. The van der Waals surface area contributed by atoms with Gasteiger partial charge in [-0.05, 0) is 51.0 Å². The quantitative estimate of drug-likeness (QED) is 0.663. The van der Waals surface area contributed by atoms with Gasteiger partial charge < -0.3 is 19.4 Å². The van der Waals surface area contributed by atoms with Crippen LogP contribution in [0.3, 0.4) is 0 Å². The largest absolute Gasteiger partial charge is 0.492 e. The van der Waals surface area contributed by atoms with Crippen molar-refractivity contribution >= 4 is 16.9 Å².